The molecule has 1 saturated heterocycles. The smallest absolute Gasteiger partial charge is 0.154 e. The topological polar surface area (TPSA) is 58.7 Å². The molecule has 3 rings (SSSR count). The van der Waals surface area contributed by atoms with Crippen molar-refractivity contribution < 1.29 is 14.4 Å². The molecule has 5 nitrogen and oxygen atoms in total. The van der Waals surface area contributed by atoms with Crippen LogP contribution in [0.3, 0.4) is 0 Å². The summed E-state index contributed by atoms with van der Waals surface area (Å²) in [4.78, 5) is 2.26. The Bertz CT molecular complexity index is 683. The van der Waals surface area contributed by atoms with Crippen molar-refractivity contribution in [2.45, 2.75) is 45.8 Å². The first kappa shape index (κ1) is 17.0. The second-order valence-corrected chi connectivity index (χ2v) is 6.76. The number of likely N-dealkylation sites (tertiary alicyclic amines) is 1. The normalized spacial score (nSPS) is 19.6. The molecule has 0 radical (unpaired) electrons. The molecule has 1 aromatic carbocycles. The lowest BCUT2D eigenvalue weighted by molar-refractivity contribution is 0.0595. The fraction of sp³-hybridized carbons (Fsp3) is 0.526. The predicted octanol–water partition coefficient (Wildman–Crippen LogP) is 3.18. The van der Waals surface area contributed by atoms with Gasteiger partial charge in [-0.15, -0.1) is 0 Å². The van der Waals surface area contributed by atoms with Crippen molar-refractivity contribution in [3.63, 3.8) is 0 Å². The Kier molecular flexibility index (Phi) is 5.21. The van der Waals surface area contributed by atoms with Crippen LogP contribution in [-0.4, -0.2) is 41.0 Å². The van der Waals surface area contributed by atoms with Crippen LogP contribution in [0.25, 0.3) is 0 Å². The molecule has 0 spiro atoms. The summed E-state index contributed by atoms with van der Waals surface area (Å²) in [7, 11) is 0. The molecule has 2 aromatic rings. The fourth-order valence-electron chi connectivity index (χ4n) is 3.28. The van der Waals surface area contributed by atoms with Crippen molar-refractivity contribution in [1.29, 1.82) is 0 Å². The molecule has 0 amide bonds. The zero-order valence-corrected chi connectivity index (χ0v) is 14.7. The Hall–Kier alpha value is -1.85. The summed E-state index contributed by atoms with van der Waals surface area (Å²) < 4.78 is 11.2. The Balaban J connectivity index is 1.56. The van der Waals surface area contributed by atoms with Crippen LogP contribution in [0.15, 0.2) is 28.8 Å². The van der Waals surface area contributed by atoms with E-state index in [4.69, 9.17) is 9.26 Å². The predicted molar refractivity (Wildman–Crippen MR) is 92.2 cm³/mol. The van der Waals surface area contributed by atoms with Crippen molar-refractivity contribution in [3.05, 3.63) is 46.8 Å². The van der Waals surface area contributed by atoms with Gasteiger partial charge in [-0.05, 0) is 57.4 Å². The van der Waals surface area contributed by atoms with Crippen LogP contribution in [0.1, 0.15) is 41.5 Å². The number of hydrogen-bond acceptors (Lipinski definition) is 5. The second kappa shape index (κ2) is 7.36. The SMILES string of the molecule is Cc1ccc(C)c(OC[C@H](O)CN2CCC[C@@H]2c2cc(C)no2)c1. The number of hydrogen-bond donors (Lipinski definition) is 1. The summed E-state index contributed by atoms with van der Waals surface area (Å²) in [6.07, 6.45) is 1.61. The number of benzene rings is 1. The van der Waals surface area contributed by atoms with Crippen LogP contribution in [0.4, 0.5) is 0 Å². The molecule has 0 unspecified atom stereocenters. The number of rotatable bonds is 6. The van der Waals surface area contributed by atoms with Gasteiger partial charge in [0.2, 0.25) is 0 Å². The van der Waals surface area contributed by atoms with Gasteiger partial charge in [-0.2, -0.15) is 0 Å². The minimum Gasteiger partial charge on any atom is -0.491 e. The second-order valence-electron chi connectivity index (χ2n) is 6.76. The van der Waals surface area contributed by atoms with E-state index >= 15 is 0 Å². The van der Waals surface area contributed by atoms with E-state index in [9.17, 15) is 5.11 Å². The Morgan fingerprint density at radius 2 is 2.17 bits per heavy atom. The maximum absolute atomic E-state index is 10.4. The highest BCUT2D eigenvalue weighted by Gasteiger charge is 2.30. The average Bonchev–Trinajstić information content (AvgIpc) is 3.17. The number of nitrogens with zero attached hydrogens (tertiary/aromatic N) is 2. The zero-order chi connectivity index (χ0) is 17.1. The molecule has 1 aromatic heterocycles. The van der Waals surface area contributed by atoms with Gasteiger partial charge in [0, 0.05) is 12.6 Å². The van der Waals surface area contributed by atoms with E-state index in [-0.39, 0.29) is 6.04 Å². The molecule has 5 heteroatoms. The van der Waals surface area contributed by atoms with Gasteiger partial charge >= 0.3 is 0 Å². The van der Waals surface area contributed by atoms with Gasteiger partial charge in [0.25, 0.3) is 0 Å². The van der Waals surface area contributed by atoms with Crippen LogP contribution in [0, 0.1) is 20.8 Å². The van der Waals surface area contributed by atoms with Gasteiger partial charge in [0.05, 0.1) is 11.7 Å². The monoisotopic (exact) mass is 330 g/mol. The lowest BCUT2D eigenvalue weighted by Gasteiger charge is -2.25. The van der Waals surface area contributed by atoms with E-state index in [1.165, 1.54) is 0 Å². The highest BCUT2D eigenvalue weighted by atomic mass is 16.5. The van der Waals surface area contributed by atoms with Gasteiger partial charge < -0.3 is 14.4 Å². The molecular weight excluding hydrogens is 304 g/mol. The average molecular weight is 330 g/mol. The third-order valence-corrected chi connectivity index (χ3v) is 4.56. The first-order valence-corrected chi connectivity index (χ1v) is 8.58. The first-order valence-electron chi connectivity index (χ1n) is 8.58. The van der Waals surface area contributed by atoms with Crippen LogP contribution >= 0.6 is 0 Å². The largest absolute Gasteiger partial charge is 0.491 e. The molecule has 130 valence electrons. The third kappa shape index (κ3) is 3.97. The Morgan fingerprint density at radius 3 is 2.92 bits per heavy atom. The number of β-amino-alcohol motifs (C(OH)–C–C–N with tert-alkyl or cyclic N) is 1. The molecule has 0 saturated carbocycles. The molecule has 1 fully saturated rings. The summed E-state index contributed by atoms with van der Waals surface area (Å²) in [5.41, 5.74) is 3.14. The van der Waals surface area contributed by atoms with Crippen molar-refractivity contribution in [2.24, 2.45) is 0 Å². The molecule has 1 N–H and O–H groups in total. The van der Waals surface area contributed by atoms with E-state index in [1.54, 1.807) is 0 Å². The van der Waals surface area contributed by atoms with E-state index in [0.717, 1.165) is 47.7 Å². The quantitative estimate of drug-likeness (QED) is 0.881. The molecule has 24 heavy (non-hydrogen) atoms. The zero-order valence-electron chi connectivity index (χ0n) is 14.7. The fourth-order valence-corrected chi connectivity index (χ4v) is 3.28. The first-order chi connectivity index (χ1) is 11.5. The van der Waals surface area contributed by atoms with E-state index in [2.05, 4.69) is 16.1 Å². The maximum atomic E-state index is 10.4. The van der Waals surface area contributed by atoms with Gasteiger partial charge in [-0.25, -0.2) is 0 Å². The summed E-state index contributed by atoms with van der Waals surface area (Å²) in [6, 6.07) is 8.31. The van der Waals surface area contributed by atoms with E-state index in [0.29, 0.717) is 13.2 Å². The summed E-state index contributed by atoms with van der Waals surface area (Å²) in [5.74, 6) is 1.74. The number of aryl methyl sites for hydroxylation is 3. The highest BCUT2D eigenvalue weighted by molar-refractivity contribution is 5.35. The van der Waals surface area contributed by atoms with Crippen LogP contribution < -0.4 is 4.74 Å². The molecule has 0 aliphatic carbocycles. The third-order valence-electron chi connectivity index (χ3n) is 4.56. The molecule has 2 heterocycles. The summed E-state index contributed by atoms with van der Waals surface area (Å²) >= 11 is 0. The lowest BCUT2D eigenvalue weighted by Crippen LogP contribution is -2.35. The molecular formula is C19H26N2O3. The molecule has 2 atom stereocenters. The van der Waals surface area contributed by atoms with Crippen LogP contribution in [0.2, 0.25) is 0 Å². The van der Waals surface area contributed by atoms with E-state index < -0.39 is 6.10 Å². The number of aliphatic hydroxyl groups excluding tert-OH is 1. The Labute approximate surface area is 143 Å². The Morgan fingerprint density at radius 1 is 1.33 bits per heavy atom. The molecule has 1 aliphatic heterocycles. The minimum atomic E-state index is -0.533. The van der Waals surface area contributed by atoms with Crippen molar-refractivity contribution in [2.75, 3.05) is 19.7 Å². The maximum Gasteiger partial charge on any atom is 0.154 e. The van der Waals surface area contributed by atoms with E-state index in [1.807, 2.05) is 39.0 Å². The molecule has 1 aliphatic rings. The van der Waals surface area contributed by atoms with Crippen molar-refractivity contribution in [3.8, 4) is 5.75 Å². The van der Waals surface area contributed by atoms with Gasteiger partial charge in [0.15, 0.2) is 5.76 Å². The van der Waals surface area contributed by atoms with Crippen molar-refractivity contribution >= 4 is 0 Å². The van der Waals surface area contributed by atoms with Crippen LogP contribution in [-0.2, 0) is 0 Å². The summed E-state index contributed by atoms with van der Waals surface area (Å²) in [6.45, 7) is 7.82. The summed E-state index contributed by atoms with van der Waals surface area (Å²) in [5, 5.41) is 14.4. The molecule has 0 bridgehead atoms. The minimum absolute atomic E-state index is 0.210. The van der Waals surface area contributed by atoms with Gasteiger partial charge in [-0.3, -0.25) is 4.90 Å². The van der Waals surface area contributed by atoms with Crippen molar-refractivity contribution in [1.82, 2.24) is 10.1 Å². The lowest BCUT2D eigenvalue weighted by atomic mass is 10.1. The number of aromatic nitrogens is 1. The standard InChI is InChI=1S/C19H26N2O3/c1-13-6-7-14(2)18(9-13)23-12-16(22)11-21-8-4-5-17(21)19-10-15(3)20-24-19/h6-7,9-10,16-17,22H,4-5,8,11-12H2,1-3H3/t16-,17-/m1/s1. The number of ether oxygens (including phenoxy) is 1. The van der Waals surface area contributed by atoms with Gasteiger partial charge in [-0.1, -0.05) is 17.3 Å². The van der Waals surface area contributed by atoms with Gasteiger partial charge in [0.1, 0.15) is 18.5 Å². The van der Waals surface area contributed by atoms with Crippen LogP contribution in [0.5, 0.6) is 5.75 Å². The highest BCUT2D eigenvalue weighted by Crippen LogP contribution is 2.32. The number of aliphatic hydroxyl groups is 1.